The fraction of sp³-hybridized carbons (Fsp3) is 0.227. The molecule has 150 valence electrons. The molecule has 0 aliphatic heterocycles. The number of carbonyl (C=O) groups excluding carboxylic acids is 1. The number of carbonyl (C=O) groups is 1. The molecule has 3 aromatic rings. The van der Waals surface area contributed by atoms with Gasteiger partial charge in [0.25, 0.3) is 5.91 Å². The van der Waals surface area contributed by atoms with Crippen molar-refractivity contribution in [1.82, 2.24) is 10.2 Å². The van der Waals surface area contributed by atoms with Gasteiger partial charge in [-0.1, -0.05) is 12.1 Å². The fourth-order valence-corrected chi connectivity index (χ4v) is 2.97. The second-order valence-corrected chi connectivity index (χ2v) is 6.68. The molecule has 1 aromatic heterocycles. The molecule has 0 radical (unpaired) electrons. The highest BCUT2D eigenvalue weighted by molar-refractivity contribution is 6.02. The molecule has 7 heteroatoms. The van der Waals surface area contributed by atoms with Gasteiger partial charge in [-0.05, 0) is 66.9 Å². The molecule has 29 heavy (non-hydrogen) atoms. The number of nitrogens with zero attached hydrogens (tertiary/aromatic N) is 2. The number of ether oxygens (including phenoxy) is 2. The van der Waals surface area contributed by atoms with Crippen LogP contribution < -0.4 is 20.1 Å². The van der Waals surface area contributed by atoms with Crippen molar-refractivity contribution in [2.75, 3.05) is 24.9 Å². The lowest BCUT2D eigenvalue weighted by Crippen LogP contribution is -2.15. The molecule has 0 spiro atoms. The smallest absolute Gasteiger partial charge is 0.276 e. The van der Waals surface area contributed by atoms with Crippen molar-refractivity contribution in [1.29, 1.82) is 0 Å². The number of amides is 1. The molecule has 1 heterocycles. The summed E-state index contributed by atoms with van der Waals surface area (Å²) in [5.74, 6) is 1.61. The molecule has 0 aliphatic rings. The lowest BCUT2D eigenvalue weighted by atomic mass is 10.1. The molecule has 0 unspecified atom stereocenters. The van der Waals surface area contributed by atoms with Crippen LogP contribution in [0.1, 0.15) is 27.2 Å². The van der Waals surface area contributed by atoms with Gasteiger partial charge in [0.15, 0.2) is 17.2 Å². The third-order valence-corrected chi connectivity index (χ3v) is 4.30. The van der Waals surface area contributed by atoms with Crippen LogP contribution in [-0.4, -0.2) is 30.3 Å². The van der Waals surface area contributed by atoms with Crippen LogP contribution in [0.15, 0.2) is 48.5 Å². The second kappa shape index (κ2) is 9.05. The number of hydrogen-bond acceptors (Lipinski definition) is 6. The van der Waals surface area contributed by atoms with E-state index in [9.17, 15) is 4.79 Å². The summed E-state index contributed by atoms with van der Waals surface area (Å²) in [7, 11) is 3.20. The Morgan fingerprint density at radius 1 is 0.897 bits per heavy atom. The quantitative estimate of drug-likeness (QED) is 0.633. The van der Waals surface area contributed by atoms with Crippen molar-refractivity contribution in [2.45, 2.75) is 20.4 Å². The highest BCUT2D eigenvalue weighted by Crippen LogP contribution is 2.27. The maximum absolute atomic E-state index is 12.4. The number of aromatic nitrogens is 2. The highest BCUT2D eigenvalue weighted by atomic mass is 16.5. The Morgan fingerprint density at radius 2 is 1.62 bits per heavy atom. The first-order valence-corrected chi connectivity index (χ1v) is 9.16. The molecule has 0 fully saturated rings. The lowest BCUT2D eigenvalue weighted by molar-refractivity contribution is 0.102. The van der Waals surface area contributed by atoms with Gasteiger partial charge < -0.3 is 20.1 Å². The normalized spacial score (nSPS) is 10.3. The van der Waals surface area contributed by atoms with E-state index in [1.165, 1.54) is 0 Å². The van der Waals surface area contributed by atoms with Gasteiger partial charge in [-0.3, -0.25) is 4.79 Å². The van der Waals surface area contributed by atoms with E-state index in [4.69, 9.17) is 9.47 Å². The summed E-state index contributed by atoms with van der Waals surface area (Å²) in [4.78, 5) is 12.4. The van der Waals surface area contributed by atoms with Gasteiger partial charge in [-0.2, -0.15) is 0 Å². The van der Waals surface area contributed by atoms with Gasteiger partial charge in [-0.15, -0.1) is 10.2 Å². The molecule has 0 atom stereocenters. The van der Waals surface area contributed by atoms with Crippen LogP contribution in [0.2, 0.25) is 0 Å². The van der Waals surface area contributed by atoms with Crippen molar-refractivity contribution >= 4 is 17.4 Å². The Hall–Kier alpha value is -3.61. The Kier molecular flexibility index (Phi) is 6.29. The number of hydrogen-bond donors (Lipinski definition) is 2. The number of anilines is 2. The Morgan fingerprint density at radius 3 is 2.24 bits per heavy atom. The van der Waals surface area contributed by atoms with Crippen molar-refractivity contribution < 1.29 is 14.3 Å². The van der Waals surface area contributed by atoms with E-state index in [0.717, 1.165) is 22.4 Å². The van der Waals surface area contributed by atoms with E-state index in [-0.39, 0.29) is 11.6 Å². The predicted molar refractivity (Wildman–Crippen MR) is 113 cm³/mol. The Labute approximate surface area is 170 Å². The SMILES string of the molecule is COc1ccc(CNc2ccc(C(=O)Nc3cc(C)cc(C)c3)nn2)cc1OC. The van der Waals surface area contributed by atoms with E-state index < -0.39 is 0 Å². The third kappa shape index (κ3) is 5.22. The Balaban J connectivity index is 1.62. The Bertz CT molecular complexity index is 983. The molecule has 3 rings (SSSR count). The molecular weight excluding hydrogens is 368 g/mol. The minimum Gasteiger partial charge on any atom is -0.493 e. The van der Waals surface area contributed by atoms with Crippen LogP contribution in [0.5, 0.6) is 11.5 Å². The molecule has 0 bridgehead atoms. The summed E-state index contributed by atoms with van der Waals surface area (Å²) in [5.41, 5.74) is 4.16. The van der Waals surface area contributed by atoms with Crippen molar-refractivity contribution in [2.24, 2.45) is 0 Å². The van der Waals surface area contributed by atoms with E-state index in [1.54, 1.807) is 26.4 Å². The predicted octanol–water partition coefficient (Wildman–Crippen LogP) is 3.98. The summed E-state index contributed by atoms with van der Waals surface area (Å²) in [6.07, 6.45) is 0. The van der Waals surface area contributed by atoms with Gasteiger partial charge >= 0.3 is 0 Å². The maximum Gasteiger partial charge on any atom is 0.276 e. The lowest BCUT2D eigenvalue weighted by Gasteiger charge is -2.10. The molecule has 0 aliphatic carbocycles. The summed E-state index contributed by atoms with van der Waals surface area (Å²) in [6, 6.07) is 14.9. The van der Waals surface area contributed by atoms with E-state index in [2.05, 4.69) is 20.8 Å². The van der Waals surface area contributed by atoms with Crippen LogP contribution >= 0.6 is 0 Å². The molecule has 2 aromatic carbocycles. The monoisotopic (exact) mass is 392 g/mol. The second-order valence-electron chi connectivity index (χ2n) is 6.68. The highest BCUT2D eigenvalue weighted by Gasteiger charge is 2.10. The number of nitrogens with one attached hydrogen (secondary N) is 2. The summed E-state index contributed by atoms with van der Waals surface area (Å²) < 4.78 is 10.5. The summed E-state index contributed by atoms with van der Waals surface area (Å²) in [6.45, 7) is 4.51. The molecule has 0 saturated heterocycles. The van der Waals surface area contributed by atoms with Gasteiger partial charge in [0.1, 0.15) is 5.82 Å². The van der Waals surface area contributed by atoms with Crippen molar-refractivity contribution in [3.05, 3.63) is 70.9 Å². The zero-order chi connectivity index (χ0) is 20.8. The number of rotatable bonds is 7. The van der Waals surface area contributed by atoms with Crippen molar-refractivity contribution in [3.8, 4) is 11.5 Å². The van der Waals surface area contributed by atoms with Gasteiger partial charge in [0.05, 0.1) is 14.2 Å². The molecule has 7 nitrogen and oxygen atoms in total. The number of methoxy groups -OCH3 is 2. The number of aryl methyl sites for hydroxylation is 2. The summed E-state index contributed by atoms with van der Waals surface area (Å²) in [5, 5.41) is 14.1. The van der Waals surface area contributed by atoms with Gasteiger partial charge in [-0.25, -0.2) is 0 Å². The summed E-state index contributed by atoms with van der Waals surface area (Å²) >= 11 is 0. The minimum atomic E-state index is -0.297. The van der Waals surface area contributed by atoms with E-state index in [1.807, 2.05) is 50.2 Å². The topological polar surface area (TPSA) is 85.4 Å². The zero-order valence-corrected chi connectivity index (χ0v) is 16.9. The first-order chi connectivity index (χ1) is 14.0. The minimum absolute atomic E-state index is 0.251. The average molecular weight is 392 g/mol. The van der Waals surface area contributed by atoms with Crippen LogP contribution in [0.25, 0.3) is 0 Å². The van der Waals surface area contributed by atoms with Crippen LogP contribution in [0.4, 0.5) is 11.5 Å². The van der Waals surface area contributed by atoms with Crippen LogP contribution in [-0.2, 0) is 6.54 Å². The molecular formula is C22H24N4O3. The fourth-order valence-electron chi connectivity index (χ4n) is 2.97. The van der Waals surface area contributed by atoms with Gasteiger partial charge in [0, 0.05) is 12.2 Å². The van der Waals surface area contributed by atoms with Crippen molar-refractivity contribution in [3.63, 3.8) is 0 Å². The largest absolute Gasteiger partial charge is 0.493 e. The average Bonchev–Trinajstić information content (AvgIpc) is 2.71. The maximum atomic E-state index is 12.4. The molecule has 0 saturated carbocycles. The van der Waals surface area contributed by atoms with Gasteiger partial charge in [0.2, 0.25) is 0 Å². The third-order valence-electron chi connectivity index (χ3n) is 4.30. The van der Waals surface area contributed by atoms with E-state index >= 15 is 0 Å². The first-order valence-electron chi connectivity index (χ1n) is 9.16. The molecule has 1 amide bonds. The van der Waals surface area contributed by atoms with Crippen LogP contribution in [0, 0.1) is 13.8 Å². The number of benzene rings is 2. The zero-order valence-electron chi connectivity index (χ0n) is 16.9. The molecule has 2 N–H and O–H groups in total. The van der Waals surface area contributed by atoms with Crippen LogP contribution in [0.3, 0.4) is 0 Å². The van der Waals surface area contributed by atoms with E-state index in [0.29, 0.717) is 23.9 Å². The standard InChI is InChI=1S/C22H24N4O3/c1-14-9-15(2)11-17(10-14)24-22(27)18-6-8-21(26-25-18)23-13-16-5-7-19(28-3)20(12-16)29-4/h5-12H,13H2,1-4H3,(H,23,26)(H,24,27). The first kappa shape index (κ1) is 20.1.